The lowest BCUT2D eigenvalue weighted by Gasteiger charge is -2.09. The molecule has 8 heteroatoms. The van der Waals surface area contributed by atoms with Gasteiger partial charge >= 0.3 is 11.9 Å². The minimum Gasteiger partial charge on any atom is -0.484 e. The standard InChI is InChI=1S/C21H25NO7/c1-6-26-20(24)17-14(5)29-19(18(17)21(25)27-7-2)22-16(23)11-28-15-9-8-12(3)13(4)10-15/h8-10H,6-7,11H2,1-5H3,(H,22,23). The summed E-state index contributed by atoms with van der Waals surface area (Å²) < 4.78 is 20.9. The predicted octanol–water partition coefficient (Wildman–Crippen LogP) is 3.58. The number of rotatable bonds is 8. The molecule has 0 atom stereocenters. The van der Waals surface area contributed by atoms with Gasteiger partial charge in [-0.15, -0.1) is 0 Å². The number of aryl methyl sites for hydroxylation is 3. The monoisotopic (exact) mass is 403 g/mol. The molecule has 0 saturated heterocycles. The third-order valence-corrected chi connectivity index (χ3v) is 4.14. The average Bonchev–Trinajstić information content (AvgIpc) is 2.99. The van der Waals surface area contributed by atoms with E-state index in [-0.39, 0.29) is 42.6 Å². The summed E-state index contributed by atoms with van der Waals surface area (Å²) in [5.74, 6) is -1.59. The van der Waals surface area contributed by atoms with Gasteiger partial charge in [0.15, 0.2) is 6.61 Å². The zero-order chi connectivity index (χ0) is 21.6. The maximum Gasteiger partial charge on any atom is 0.344 e. The Kier molecular flexibility index (Phi) is 7.41. The van der Waals surface area contributed by atoms with Crippen LogP contribution in [0.2, 0.25) is 0 Å². The minimum absolute atomic E-state index is 0.0734. The van der Waals surface area contributed by atoms with Crippen LogP contribution in [0.15, 0.2) is 22.6 Å². The van der Waals surface area contributed by atoms with Crippen LogP contribution < -0.4 is 10.1 Å². The van der Waals surface area contributed by atoms with E-state index in [1.54, 1.807) is 19.9 Å². The fourth-order valence-electron chi connectivity index (χ4n) is 2.60. The van der Waals surface area contributed by atoms with E-state index in [1.807, 2.05) is 26.0 Å². The number of amides is 1. The molecule has 1 heterocycles. The van der Waals surface area contributed by atoms with Gasteiger partial charge in [0.05, 0.1) is 13.2 Å². The largest absolute Gasteiger partial charge is 0.484 e. The maximum absolute atomic E-state index is 12.4. The quantitative estimate of drug-likeness (QED) is 0.672. The molecule has 1 aromatic carbocycles. The van der Waals surface area contributed by atoms with E-state index in [4.69, 9.17) is 18.6 Å². The van der Waals surface area contributed by atoms with Gasteiger partial charge in [-0.1, -0.05) is 6.07 Å². The van der Waals surface area contributed by atoms with E-state index in [0.29, 0.717) is 5.75 Å². The first-order valence-corrected chi connectivity index (χ1v) is 9.25. The van der Waals surface area contributed by atoms with Crippen LogP contribution in [0.1, 0.15) is 51.5 Å². The van der Waals surface area contributed by atoms with Gasteiger partial charge in [0, 0.05) is 0 Å². The second-order valence-electron chi connectivity index (χ2n) is 6.26. The molecular weight excluding hydrogens is 378 g/mol. The maximum atomic E-state index is 12.4. The predicted molar refractivity (Wildman–Crippen MR) is 105 cm³/mol. The highest BCUT2D eigenvalue weighted by Crippen LogP contribution is 2.29. The van der Waals surface area contributed by atoms with E-state index in [2.05, 4.69) is 5.32 Å². The molecule has 1 aromatic heterocycles. The molecule has 156 valence electrons. The van der Waals surface area contributed by atoms with E-state index >= 15 is 0 Å². The Morgan fingerprint density at radius 1 is 0.931 bits per heavy atom. The molecule has 0 radical (unpaired) electrons. The summed E-state index contributed by atoms with van der Waals surface area (Å²) >= 11 is 0. The van der Waals surface area contributed by atoms with Crippen molar-refractivity contribution in [2.45, 2.75) is 34.6 Å². The first-order valence-electron chi connectivity index (χ1n) is 9.25. The van der Waals surface area contributed by atoms with Gasteiger partial charge in [0.1, 0.15) is 22.6 Å². The summed E-state index contributed by atoms with van der Waals surface area (Å²) in [6.07, 6.45) is 0. The average molecular weight is 403 g/mol. The molecule has 0 spiro atoms. The van der Waals surface area contributed by atoms with Crippen LogP contribution in [0, 0.1) is 20.8 Å². The Morgan fingerprint density at radius 3 is 2.14 bits per heavy atom. The molecule has 0 unspecified atom stereocenters. The van der Waals surface area contributed by atoms with Gasteiger partial charge in [-0.3, -0.25) is 10.1 Å². The summed E-state index contributed by atoms with van der Waals surface area (Å²) in [6.45, 7) is 8.59. The molecule has 0 aliphatic rings. The molecule has 1 amide bonds. The highest BCUT2D eigenvalue weighted by atomic mass is 16.5. The lowest BCUT2D eigenvalue weighted by molar-refractivity contribution is -0.118. The molecule has 1 N–H and O–H groups in total. The summed E-state index contributed by atoms with van der Waals surface area (Å²) in [7, 11) is 0. The first kappa shape index (κ1) is 22.0. The van der Waals surface area contributed by atoms with Crippen molar-refractivity contribution in [2.24, 2.45) is 0 Å². The molecule has 29 heavy (non-hydrogen) atoms. The number of hydrogen-bond donors (Lipinski definition) is 1. The van der Waals surface area contributed by atoms with Crippen molar-refractivity contribution < 1.29 is 33.0 Å². The third kappa shape index (κ3) is 5.37. The van der Waals surface area contributed by atoms with Crippen LogP contribution in [0.25, 0.3) is 0 Å². The molecule has 0 bridgehead atoms. The topological polar surface area (TPSA) is 104 Å². The highest BCUT2D eigenvalue weighted by molar-refractivity contribution is 6.09. The Labute approximate surface area is 169 Å². The zero-order valence-corrected chi connectivity index (χ0v) is 17.2. The number of ether oxygens (including phenoxy) is 3. The van der Waals surface area contributed by atoms with Crippen molar-refractivity contribution in [2.75, 3.05) is 25.1 Å². The Balaban J connectivity index is 2.20. The zero-order valence-electron chi connectivity index (χ0n) is 17.2. The number of carbonyl (C=O) groups excluding carboxylic acids is 3. The second-order valence-corrected chi connectivity index (χ2v) is 6.26. The van der Waals surface area contributed by atoms with Crippen LogP contribution in [0.5, 0.6) is 5.75 Å². The molecule has 0 fully saturated rings. The van der Waals surface area contributed by atoms with E-state index in [9.17, 15) is 14.4 Å². The SMILES string of the molecule is CCOC(=O)c1c(C)oc(NC(=O)COc2ccc(C)c(C)c2)c1C(=O)OCC. The molecule has 0 aliphatic carbocycles. The van der Waals surface area contributed by atoms with Crippen molar-refractivity contribution in [1.29, 1.82) is 0 Å². The fourth-order valence-corrected chi connectivity index (χ4v) is 2.60. The highest BCUT2D eigenvalue weighted by Gasteiger charge is 2.31. The van der Waals surface area contributed by atoms with Gasteiger partial charge in [0.2, 0.25) is 5.88 Å². The van der Waals surface area contributed by atoms with Crippen LogP contribution in [-0.4, -0.2) is 37.7 Å². The summed E-state index contributed by atoms with van der Waals surface area (Å²) in [4.78, 5) is 36.9. The van der Waals surface area contributed by atoms with Crippen molar-refractivity contribution in [1.82, 2.24) is 0 Å². The van der Waals surface area contributed by atoms with Gasteiger partial charge in [-0.25, -0.2) is 9.59 Å². The minimum atomic E-state index is -0.794. The van der Waals surface area contributed by atoms with Crippen LogP contribution >= 0.6 is 0 Å². The first-order chi connectivity index (χ1) is 13.8. The number of hydrogen-bond acceptors (Lipinski definition) is 7. The number of anilines is 1. The molecule has 0 saturated carbocycles. The Morgan fingerprint density at radius 2 is 1.55 bits per heavy atom. The number of furan rings is 1. The molecular formula is C21H25NO7. The van der Waals surface area contributed by atoms with Gasteiger partial charge in [-0.05, 0) is 57.9 Å². The summed E-state index contributed by atoms with van der Waals surface area (Å²) in [6, 6.07) is 5.47. The summed E-state index contributed by atoms with van der Waals surface area (Å²) in [5, 5.41) is 2.47. The third-order valence-electron chi connectivity index (χ3n) is 4.14. The summed E-state index contributed by atoms with van der Waals surface area (Å²) in [5.41, 5.74) is 1.89. The van der Waals surface area contributed by atoms with Crippen molar-refractivity contribution in [3.8, 4) is 5.75 Å². The Bertz CT molecular complexity index is 914. The number of nitrogens with one attached hydrogen (secondary N) is 1. The molecule has 2 aromatic rings. The number of benzene rings is 1. The van der Waals surface area contributed by atoms with Gasteiger partial charge < -0.3 is 18.6 Å². The number of esters is 2. The normalized spacial score (nSPS) is 10.4. The second kappa shape index (κ2) is 9.77. The molecule has 0 aliphatic heterocycles. The van der Waals surface area contributed by atoms with E-state index in [1.165, 1.54) is 6.92 Å². The van der Waals surface area contributed by atoms with Crippen molar-refractivity contribution >= 4 is 23.7 Å². The lowest BCUT2D eigenvalue weighted by Crippen LogP contribution is -2.22. The smallest absolute Gasteiger partial charge is 0.344 e. The molecule has 2 rings (SSSR count). The number of carbonyl (C=O) groups is 3. The fraction of sp³-hybridized carbons (Fsp3) is 0.381. The van der Waals surface area contributed by atoms with Crippen LogP contribution in [-0.2, 0) is 14.3 Å². The van der Waals surface area contributed by atoms with Gasteiger partial charge in [0.25, 0.3) is 5.91 Å². The lowest BCUT2D eigenvalue weighted by atomic mass is 10.1. The van der Waals surface area contributed by atoms with E-state index < -0.39 is 17.8 Å². The van der Waals surface area contributed by atoms with Crippen LogP contribution in [0.4, 0.5) is 5.88 Å². The van der Waals surface area contributed by atoms with Crippen molar-refractivity contribution in [3.63, 3.8) is 0 Å². The Hall–Kier alpha value is -3.29. The van der Waals surface area contributed by atoms with Crippen LogP contribution in [0.3, 0.4) is 0 Å². The van der Waals surface area contributed by atoms with Gasteiger partial charge in [-0.2, -0.15) is 0 Å². The van der Waals surface area contributed by atoms with Crippen molar-refractivity contribution in [3.05, 3.63) is 46.2 Å². The molecule has 8 nitrogen and oxygen atoms in total. The van der Waals surface area contributed by atoms with E-state index in [0.717, 1.165) is 11.1 Å².